The summed E-state index contributed by atoms with van der Waals surface area (Å²) in [6, 6.07) is 7.41. The second-order valence-corrected chi connectivity index (χ2v) is 8.51. The lowest BCUT2D eigenvalue weighted by molar-refractivity contribution is 0.0763. The zero-order valence-corrected chi connectivity index (χ0v) is 15.8. The molecule has 1 fully saturated rings. The summed E-state index contributed by atoms with van der Waals surface area (Å²) in [6.45, 7) is 1.57. The van der Waals surface area contributed by atoms with Gasteiger partial charge in [0.05, 0.1) is 18.1 Å². The third kappa shape index (κ3) is 3.47. The smallest absolute Gasteiger partial charge is 0.260 e. The van der Waals surface area contributed by atoms with Gasteiger partial charge in [-0.05, 0) is 41.1 Å². The van der Waals surface area contributed by atoms with Crippen LogP contribution in [0.4, 0.5) is 0 Å². The quantitative estimate of drug-likeness (QED) is 0.705. The highest BCUT2D eigenvalue weighted by Crippen LogP contribution is 2.18. The first-order valence-corrected chi connectivity index (χ1v) is 10.0. The van der Waals surface area contributed by atoms with Crippen molar-refractivity contribution < 1.29 is 13.2 Å². The van der Waals surface area contributed by atoms with Gasteiger partial charge in [0.15, 0.2) is 5.03 Å². The summed E-state index contributed by atoms with van der Waals surface area (Å²) in [7, 11) is -3.59. The van der Waals surface area contributed by atoms with Gasteiger partial charge in [0.25, 0.3) is 15.9 Å². The summed E-state index contributed by atoms with van der Waals surface area (Å²) in [5.41, 5.74) is 0.656. The number of carbonyl (C=O) groups excluding carboxylic acids is 1. The van der Waals surface area contributed by atoms with E-state index < -0.39 is 10.0 Å². The Labute approximate surface area is 154 Å². The molecule has 2 aromatic rings. The Balaban J connectivity index is 1.74. The summed E-state index contributed by atoms with van der Waals surface area (Å²) in [4.78, 5) is 20.8. The minimum absolute atomic E-state index is 0.0548. The number of sulfonamides is 1. The molecule has 7 nitrogen and oxygen atoms in total. The summed E-state index contributed by atoms with van der Waals surface area (Å²) >= 11 is 2.14. The number of nitrogens with one attached hydrogen (secondary N) is 1. The molecule has 0 bridgehead atoms. The second kappa shape index (κ2) is 7.19. The SMILES string of the molecule is O=C(c1ccccc1I)N1CCCN(S(=O)(=O)c2cnc[nH]2)CC1. The lowest BCUT2D eigenvalue weighted by Gasteiger charge is -2.22. The van der Waals surface area contributed by atoms with E-state index in [1.165, 1.54) is 16.8 Å². The van der Waals surface area contributed by atoms with Gasteiger partial charge in [-0.1, -0.05) is 12.1 Å². The minimum Gasteiger partial charge on any atom is -0.337 e. The van der Waals surface area contributed by atoms with Crippen LogP contribution in [0.2, 0.25) is 0 Å². The average molecular weight is 460 g/mol. The third-order valence-corrected chi connectivity index (χ3v) is 6.70. The van der Waals surface area contributed by atoms with Gasteiger partial charge in [-0.2, -0.15) is 4.31 Å². The second-order valence-electron chi connectivity index (χ2n) is 5.45. The Kier molecular flexibility index (Phi) is 5.21. The Bertz CT molecular complexity index is 823. The first-order valence-electron chi connectivity index (χ1n) is 7.52. The molecule has 9 heteroatoms. The molecule has 0 saturated carbocycles. The largest absolute Gasteiger partial charge is 0.337 e. The van der Waals surface area contributed by atoms with Gasteiger partial charge in [0.1, 0.15) is 0 Å². The first kappa shape index (κ1) is 17.4. The summed E-state index contributed by atoms with van der Waals surface area (Å²) < 4.78 is 27.4. The molecule has 2 heterocycles. The standard InChI is InChI=1S/C15H17IN4O3S/c16-13-5-2-1-4-12(13)15(21)19-6-3-7-20(9-8-19)24(22,23)14-10-17-11-18-14/h1-2,4-5,10-11H,3,6-9H2,(H,17,18). The predicted octanol–water partition coefficient (Wildman–Crippen LogP) is 1.55. The van der Waals surface area contributed by atoms with E-state index in [9.17, 15) is 13.2 Å². The van der Waals surface area contributed by atoms with E-state index in [0.717, 1.165) is 3.57 Å². The number of hydrogen-bond acceptors (Lipinski definition) is 4. The number of halogens is 1. The monoisotopic (exact) mass is 460 g/mol. The molecule has 0 spiro atoms. The van der Waals surface area contributed by atoms with Crippen molar-refractivity contribution in [2.24, 2.45) is 0 Å². The number of aromatic nitrogens is 2. The number of rotatable bonds is 3. The number of nitrogens with zero attached hydrogens (tertiary/aromatic N) is 3. The van der Waals surface area contributed by atoms with Gasteiger partial charge in [0.2, 0.25) is 0 Å². The highest BCUT2D eigenvalue weighted by Gasteiger charge is 2.29. The van der Waals surface area contributed by atoms with E-state index in [1.807, 2.05) is 18.2 Å². The van der Waals surface area contributed by atoms with Crippen LogP contribution in [0.25, 0.3) is 0 Å². The zero-order chi connectivity index (χ0) is 17.2. The first-order chi connectivity index (χ1) is 11.5. The topological polar surface area (TPSA) is 86.4 Å². The molecule has 0 atom stereocenters. The maximum absolute atomic E-state index is 12.7. The molecule has 0 radical (unpaired) electrons. The number of imidazole rings is 1. The molecule has 1 saturated heterocycles. The van der Waals surface area contributed by atoms with E-state index in [1.54, 1.807) is 11.0 Å². The van der Waals surface area contributed by atoms with Crippen molar-refractivity contribution >= 4 is 38.5 Å². The number of aromatic amines is 1. The van der Waals surface area contributed by atoms with Crippen molar-refractivity contribution in [2.75, 3.05) is 26.2 Å². The zero-order valence-electron chi connectivity index (χ0n) is 12.9. The normalized spacial score (nSPS) is 16.8. The van der Waals surface area contributed by atoms with Crippen LogP contribution in [0.15, 0.2) is 41.8 Å². The van der Waals surface area contributed by atoms with Crippen LogP contribution in [0, 0.1) is 3.57 Å². The number of benzene rings is 1. The van der Waals surface area contributed by atoms with Crippen molar-refractivity contribution in [3.05, 3.63) is 45.9 Å². The molecule has 24 heavy (non-hydrogen) atoms. The fourth-order valence-electron chi connectivity index (χ4n) is 2.67. The van der Waals surface area contributed by atoms with Gasteiger partial charge in [0, 0.05) is 29.7 Å². The number of carbonyl (C=O) groups is 1. The van der Waals surface area contributed by atoms with Gasteiger partial charge in [-0.15, -0.1) is 0 Å². The average Bonchev–Trinajstić information content (AvgIpc) is 3.00. The molecular weight excluding hydrogens is 443 g/mol. The molecule has 1 aromatic heterocycles. The van der Waals surface area contributed by atoms with Crippen molar-refractivity contribution in [1.82, 2.24) is 19.2 Å². The predicted molar refractivity (Wildman–Crippen MR) is 97.0 cm³/mol. The van der Waals surface area contributed by atoms with E-state index in [0.29, 0.717) is 31.6 Å². The van der Waals surface area contributed by atoms with E-state index in [2.05, 4.69) is 32.6 Å². The summed E-state index contributed by atoms with van der Waals surface area (Å²) in [5.74, 6) is -0.0548. The van der Waals surface area contributed by atoms with Crippen LogP contribution in [0.1, 0.15) is 16.8 Å². The van der Waals surface area contributed by atoms with Crippen LogP contribution in [0.5, 0.6) is 0 Å². The van der Waals surface area contributed by atoms with Crippen LogP contribution in [-0.4, -0.2) is 59.7 Å². The molecule has 128 valence electrons. The van der Waals surface area contributed by atoms with Gasteiger partial charge < -0.3 is 9.88 Å². The molecular formula is C15H17IN4O3S. The fraction of sp³-hybridized carbons (Fsp3) is 0.333. The van der Waals surface area contributed by atoms with Crippen molar-refractivity contribution in [3.63, 3.8) is 0 Å². The summed E-state index contributed by atoms with van der Waals surface area (Å²) in [6.07, 6.45) is 3.25. The third-order valence-electron chi connectivity index (χ3n) is 3.94. The van der Waals surface area contributed by atoms with Crippen molar-refractivity contribution in [1.29, 1.82) is 0 Å². The summed E-state index contributed by atoms with van der Waals surface area (Å²) in [5, 5.41) is 0.0832. The lowest BCUT2D eigenvalue weighted by atomic mass is 10.2. The molecule has 1 amide bonds. The minimum atomic E-state index is -3.59. The number of amides is 1. The number of H-pyrrole nitrogens is 1. The molecule has 0 unspecified atom stereocenters. The van der Waals surface area contributed by atoms with Gasteiger partial charge in [-0.25, -0.2) is 13.4 Å². The Morgan fingerprint density at radius 1 is 1.17 bits per heavy atom. The maximum atomic E-state index is 12.7. The Hall–Kier alpha value is -1.46. The van der Waals surface area contributed by atoms with E-state index >= 15 is 0 Å². The fourth-order valence-corrected chi connectivity index (χ4v) is 4.65. The molecule has 1 aliphatic rings. The van der Waals surface area contributed by atoms with Crippen LogP contribution < -0.4 is 0 Å². The lowest BCUT2D eigenvalue weighted by Crippen LogP contribution is -2.37. The molecule has 3 rings (SSSR count). The van der Waals surface area contributed by atoms with Crippen LogP contribution in [-0.2, 0) is 10.0 Å². The number of hydrogen-bond donors (Lipinski definition) is 1. The highest BCUT2D eigenvalue weighted by molar-refractivity contribution is 14.1. The molecule has 1 N–H and O–H groups in total. The molecule has 1 aliphatic heterocycles. The van der Waals surface area contributed by atoms with Crippen molar-refractivity contribution in [2.45, 2.75) is 11.4 Å². The Morgan fingerprint density at radius 2 is 1.96 bits per heavy atom. The van der Waals surface area contributed by atoms with E-state index in [4.69, 9.17) is 0 Å². The van der Waals surface area contributed by atoms with Gasteiger partial charge in [-0.3, -0.25) is 4.79 Å². The Morgan fingerprint density at radius 3 is 2.67 bits per heavy atom. The molecule has 1 aromatic carbocycles. The molecule has 0 aliphatic carbocycles. The maximum Gasteiger partial charge on any atom is 0.260 e. The van der Waals surface area contributed by atoms with Gasteiger partial charge >= 0.3 is 0 Å². The van der Waals surface area contributed by atoms with Crippen LogP contribution in [0.3, 0.4) is 0 Å². The van der Waals surface area contributed by atoms with Crippen LogP contribution >= 0.6 is 22.6 Å². The van der Waals surface area contributed by atoms with E-state index in [-0.39, 0.29) is 17.5 Å². The van der Waals surface area contributed by atoms with Crippen molar-refractivity contribution in [3.8, 4) is 0 Å². The highest BCUT2D eigenvalue weighted by atomic mass is 127.